The van der Waals surface area contributed by atoms with E-state index in [1.807, 2.05) is 30.3 Å². The molecule has 31 heavy (non-hydrogen) atoms. The molecule has 0 aromatic heterocycles. The Morgan fingerprint density at radius 1 is 0.806 bits per heavy atom. The van der Waals surface area contributed by atoms with Gasteiger partial charge in [0.05, 0.1) is 6.54 Å². The Kier molecular flexibility index (Phi) is 7.39. The average molecular weight is 418 g/mol. The third-order valence-electron chi connectivity index (χ3n) is 6.37. The summed E-state index contributed by atoms with van der Waals surface area (Å²) in [6.07, 6.45) is 2.46. The quantitative estimate of drug-likeness (QED) is 0.513. The monoisotopic (exact) mass is 417 g/mol. The lowest BCUT2D eigenvalue weighted by Crippen LogP contribution is -2.46. The molecule has 2 aliphatic rings. The lowest BCUT2D eigenvalue weighted by molar-refractivity contribution is -0.133. The first kappa shape index (κ1) is 21.6. The molecule has 2 aromatic carbocycles. The molecule has 5 nitrogen and oxygen atoms in total. The van der Waals surface area contributed by atoms with E-state index in [1.165, 1.54) is 5.56 Å². The number of ketones is 2. The number of aliphatic imine (C=N–C) groups is 1. The van der Waals surface area contributed by atoms with Crippen molar-refractivity contribution >= 4 is 17.8 Å². The minimum Gasteiger partial charge on any atom is -0.299 e. The van der Waals surface area contributed by atoms with Crippen molar-refractivity contribution in [1.82, 2.24) is 9.80 Å². The lowest BCUT2D eigenvalue weighted by atomic mass is 9.77. The second-order valence-corrected chi connectivity index (χ2v) is 8.58. The zero-order valence-corrected chi connectivity index (χ0v) is 18.0. The first-order valence-corrected chi connectivity index (χ1v) is 11.3. The van der Waals surface area contributed by atoms with E-state index < -0.39 is 5.92 Å². The number of Topliss-reactive ketones (excluding diaryl/α,β-unsaturated/α-hetero) is 2. The normalized spacial score (nSPS) is 23.5. The summed E-state index contributed by atoms with van der Waals surface area (Å²) in [7, 11) is 0. The fourth-order valence-corrected chi connectivity index (χ4v) is 4.51. The summed E-state index contributed by atoms with van der Waals surface area (Å²) in [6, 6.07) is 20.5. The summed E-state index contributed by atoms with van der Waals surface area (Å²) in [5.41, 5.74) is 2.43. The molecule has 1 aliphatic carbocycles. The number of benzene rings is 2. The smallest absolute Gasteiger partial charge is 0.149 e. The van der Waals surface area contributed by atoms with Gasteiger partial charge in [-0.05, 0) is 17.0 Å². The van der Waals surface area contributed by atoms with E-state index in [0.717, 1.165) is 44.8 Å². The summed E-state index contributed by atoms with van der Waals surface area (Å²) in [6.45, 7) is 6.68. The molecule has 0 bridgehead atoms. The molecule has 0 unspecified atom stereocenters. The Morgan fingerprint density at radius 3 is 2.03 bits per heavy atom. The molecular formula is C26H31N3O2. The maximum Gasteiger partial charge on any atom is 0.149 e. The van der Waals surface area contributed by atoms with Crippen molar-refractivity contribution < 1.29 is 9.59 Å². The van der Waals surface area contributed by atoms with Crippen molar-refractivity contribution in [1.29, 1.82) is 0 Å². The van der Waals surface area contributed by atoms with Crippen LogP contribution in [0.15, 0.2) is 65.7 Å². The van der Waals surface area contributed by atoms with Crippen LogP contribution in [-0.4, -0.2) is 66.8 Å². The van der Waals surface area contributed by atoms with Crippen molar-refractivity contribution in [3.8, 4) is 0 Å². The second-order valence-electron chi connectivity index (χ2n) is 8.58. The molecule has 1 saturated carbocycles. The number of carbonyl (C=O) groups excluding carboxylic acids is 2. The molecule has 2 aromatic rings. The SMILES string of the molecule is O=C1CC(c2ccccc2)CC(=O)C1C=NCCN1CCN(Cc2ccccc2)CC1. The van der Waals surface area contributed by atoms with Gasteiger partial charge in [0.15, 0.2) is 0 Å². The Hall–Kier alpha value is -2.63. The molecule has 1 heterocycles. The molecule has 5 heteroatoms. The third-order valence-corrected chi connectivity index (χ3v) is 6.37. The molecule has 4 rings (SSSR count). The van der Waals surface area contributed by atoms with Gasteiger partial charge in [0, 0.05) is 58.3 Å². The summed E-state index contributed by atoms with van der Waals surface area (Å²) < 4.78 is 0. The standard InChI is InChI=1S/C26H31N3O2/c30-25-17-23(22-9-5-2-6-10-22)18-26(31)24(25)19-27-11-12-28-13-15-29(16-14-28)20-21-7-3-1-4-8-21/h1-10,19,23-24H,11-18,20H2. The van der Waals surface area contributed by atoms with Crippen LogP contribution in [-0.2, 0) is 16.1 Å². The van der Waals surface area contributed by atoms with Crippen LogP contribution in [0.1, 0.15) is 29.9 Å². The molecule has 1 aliphatic heterocycles. The van der Waals surface area contributed by atoms with Gasteiger partial charge in [-0.1, -0.05) is 60.7 Å². The fraction of sp³-hybridized carbons (Fsp3) is 0.423. The molecule has 162 valence electrons. The maximum atomic E-state index is 12.5. The van der Waals surface area contributed by atoms with Gasteiger partial charge in [0.25, 0.3) is 0 Å². The topological polar surface area (TPSA) is 53.0 Å². The Labute approximate surface area is 184 Å². The number of hydrogen-bond acceptors (Lipinski definition) is 5. The molecular weight excluding hydrogens is 386 g/mol. The number of hydrogen-bond donors (Lipinski definition) is 0. The van der Waals surface area contributed by atoms with Gasteiger partial charge in [-0.3, -0.25) is 24.4 Å². The predicted octanol–water partition coefficient (Wildman–Crippen LogP) is 3.21. The van der Waals surface area contributed by atoms with E-state index in [4.69, 9.17) is 0 Å². The second kappa shape index (κ2) is 10.6. The predicted molar refractivity (Wildman–Crippen MR) is 123 cm³/mol. The minimum atomic E-state index is -0.650. The molecule has 0 spiro atoms. The highest BCUT2D eigenvalue weighted by atomic mass is 16.2. The van der Waals surface area contributed by atoms with Gasteiger partial charge in [0.1, 0.15) is 17.5 Å². The number of piperazine rings is 1. The number of nitrogens with zero attached hydrogens (tertiary/aromatic N) is 3. The summed E-state index contributed by atoms with van der Waals surface area (Å²) in [4.78, 5) is 34.4. The van der Waals surface area contributed by atoms with Crippen molar-refractivity contribution in [3.05, 3.63) is 71.8 Å². The Morgan fingerprint density at radius 2 is 1.39 bits per heavy atom. The van der Waals surface area contributed by atoms with Crippen LogP contribution >= 0.6 is 0 Å². The van der Waals surface area contributed by atoms with Gasteiger partial charge in [-0.25, -0.2) is 0 Å². The first-order valence-electron chi connectivity index (χ1n) is 11.3. The zero-order chi connectivity index (χ0) is 21.5. The summed E-state index contributed by atoms with van der Waals surface area (Å²) in [5.74, 6) is -0.632. The highest BCUT2D eigenvalue weighted by Gasteiger charge is 2.34. The molecule has 0 atom stereocenters. The highest BCUT2D eigenvalue weighted by Crippen LogP contribution is 2.31. The van der Waals surface area contributed by atoms with E-state index in [2.05, 4.69) is 45.1 Å². The zero-order valence-electron chi connectivity index (χ0n) is 18.0. The van der Waals surface area contributed by atoms with Crippen LogP contribution < -0.4 is 0 Å². The highest BCUT2D eigenvalue weighted by molar-refractivity contribution is 6.16. The Bertz CT molecular complexity index is 871. The molecule has 0 radical (unpaired) electrons. The van der Waals surface area contributed by atoms with Gasteiger partial charge in [0.2, 0.25) is 0 Å². The summed E-state index contributed by atoms with van der Waals surface area (Å²) in [5, 5.41) is 0. The maximum absolute atomic E-state index is 12.5. The first-order chi connectivity index (χ1) is 15.2. The van der Waals surface area contributed by atoms with Crippen molar-refractivity contribution in [2.45, 2.75) is 25.3 Å². The molecule has 0 N–H and O–H groups in total. The van der Waals surface area contributed by atoms with Crippen molar-refractivity contribution in [2.24, 2.45) is 10.9 Å². The van der Waals surface area contributed by atoms with Crippen LogP contribution in [0.4, 0.5) is 0 Å². The Balaban J connectivity index is 1.18. The van der Waals surface area contributed by atoms with Gasteiger partial charge in [-0.15, -0.1) is 0 Å². The number of carbonyl (C=O) groups is 2. The van der Waals surface area contributed by atoms with Gasteiger partial charge in [-0.2, -0.15) is 0 Å². The van der Waals surface area contributed by atoms with Crippen LogP contribution in [0.3, 0.4) is 0 Å². The fourth-order valence-electron chi connectivity index (χ4n) is 4.51. The molecule has 1 saturated heterocycles. The van der Waals surface area contributed by atoms with Crippen LogP contribution in [0.25, 0.3) is 0 Å². The largest absolute Gasteiger partial charge is 0.299 e. The van der Waals surface area contributed by atoms with Crippen molar-refractivity contribution in [3.63, 3.8) is 0 Å². The lowest BCUT2D eigenvalue weighted by Gasteiger charge is -2.34. The summed E-state index contributed by atoms with van der Waals surface area (Å²) >= 11 is 0. The van der Waals surface area contributed by atoms with Crippen LogP contribution in [0.5, 0.6) is 0 Å². The molecule has 0 amide bonds. The van der Waals surface area contributed by atoms with E-state index in [9.17, 15) is 9.59 Å². The molecule has 2 fully saturated rings. The van der Waals surface area contributed by atoms with E-state index in [0.29, 0.717) is 19.4 Å². The van der Waals surface area contributed by atoms with Gasteiger partial charge < -0.3 is 0 Å². The van der Waals surface area contributed by atoms with E-state index >= 15 is 0 Å². The average Bonchev–Trinajstić information content (AvgIpc) is 2.80. The van der Waals surface area contributed by atoms with Crippen LogP contribution in [0.2, 0.25) is 0 Å². The minimum absolute atomic E-state index is 0.00313. The van der Waals surface area contributed by atoms with E-state index in [1.54, 1.807) is 6.21 Å². The van der Waals surface area contributed by atoms with E-state index in [-0.39, 0.29) is 17.5 Å². The van der Waals surface area contributed by atoms with Crippen LogP contribution in [0, 0.1) is 5.92 Å². The van der Waals surface area contributed by atoms with Crippen molar-refractivity contribution in [2.75, 3.05) is 39.3 Å². The number of rotatable bonds is 7. The third kappa shape index (κ3) is 5.96. The van der Waals surface area contributed by atoms with Gasteiger partial charge >= 0.3 is 0 Å².